The third kappa shape index (κ3) is 1.75. The summed E-state index contributed by atoms with van der Waals surface area (Å²) in [6.07, 6.45) is 1.62. The number of rotatable bonds is 2. The summed E-state index contributed by atoms with van der Waals surface area (Å²) in [7, 11) is 0. The van der Waals surface area contributed by atoms with Crippen LogP contribution in [0.3, 0.4) is 0 Å². The average molecular weight is 228 g/mol. The van der Waals surface area contributed by atoms with E-state index in [2.05, 4.69) is 29.4 Å². The highest BCUT2D eigenvalue weighted by molar-refractivity contribution is 9.10. The standard InChI is InChI=1S/C10H9BrF/c1-3-7(2)8-5-4-6-9(11)10(8)12/h3-7H,1-2H2. The second-order valence-corrected chi connectivity index (χ2v) is 3.34. The summed E-state index contributed by atoms with van der Waals surface area (Å²) >= 11 is 3.11. The fourth-order valence-electron chi connectivity index (χ4n) is 0.934. The number of benzene rings is 1. The smallest absolute Gasteiger partial charge is 0.141 e. The summed E-state index contributed by atoms with van der Waals surface area (Å²) < 4.78 is 13.8. The van der Waals surface area contributed by atoms with Crippen molar-refractivity contribution >= 4 is 15.9 Å². The molecule has 1 unspecified atom stereocenters. The molecule has 0 saturated heterocycles. The molecule has 0 aliphatic rings. The molecule has 0 aromatic heterocycles. The number of hydrogen-bond acceptors (Lipinski definition) is 0. The van der Waals surface area contributed by atoms with Gasteiger partial charge in [-0.3, -0.25) is 0 Å². The van der Waals surface area contributed by atoms with E-state index in [1.165, 1.54) is 0 Å². The van der Waals surface area contributed by atoms with Crippen molar-refractivity contribution in [1.29, 1.82) is 0 Å². The molecular formula is C10H9BrF. The molecule has 0 fully saturated rings. The van der Waals surface area contributed by atoms with E-state index in [-0.39, 0.29) is 11.7 Å². The lowest BCUT2D eigenvalue weighted by Gasteiger charge is -2.07. The van der Waals surface area contributed by atoms with Gasteiger partial charge in [0.1, 0.15) is 5.82 Å². The summed E-state index contributed by atoms with van der Waals surface area (Å²) in [6.45, 7) is 7.31. The first-order valence-electron chi connectivity index (χ1n) is 3.56. The van der Waals surface area contributed by atoms with Crippen LogP contribution >= 0.6 is 15.9 Å². The van der Waals surface area contributed by atoms with Crippen molar-refractivity contribution in [3.63, 3.8) is 0 Å². The second-order valence-electron chi connectivity index (χ2n) is 2.49. The summed E-state index contributed by atoms with van der Waals surface area (Å²) in [5, 5.41) is 0. The second kappa shape index (κ2) is 3.85. The summed E-state index contributed by atoms with van der Waals surface area (Å²) in [4.78, 5) is 0. The van der Waals surface area contributed by atoms with Crippen molar-refractivity contribution < 1.29 is 4.39 Å². The SMILES string of the molecule is [CH2]C(C=C)c1cccc(Br)c1F. The van der Waals surface area contributed by atoms with Crippen molar-refractivity contribution in [3.8, 4) is 0 Å². The molecule has 0 N–H and O–H groups in total. The summed E-state index contributed by atoms with van der Waals surface area (Å²) in [6, 6.07) is 5.15. The van der Waals surface area contributed by atoms with Crippen LogP contribution in [0.1, 0.15) is 11.5 Å². The normalized spacial score (nSPS) is 12.6. The maximum absolute atomic E-state index is 13.3. The summed E-state index contributed by atoms with van der Waals surface area (Å²) in [5.41, 5.74) is 0.569. The molecule has 1 atom stereocenters. The molecular weight excluding hydrogens is 219 g/mol. The van der Waals surface area contributed by atoms with Gasteiger partial charge in [0.15, 0.2) is 0 Å². The number of hydrogen-bond donors (Lipinski definition) is 0. The Morgan fingerprint density at radius 3 is 2.75 bits per heavy atom. The van der Waals surface area contributed by atoms with Gasteiger partial charge in [0, 0.05) is 5.92 Å². The molecule has 0 nitrogen and oxygen atoms in total. The lowest BCUT2D eigenvalue weighted by atomic mass is 10.0. The molecule has 0 heterocycles. The quantitative estimate of drug-likeness (QED) is 0.677. The first kappa shape index (κ1) is 9.46. The highest BCUT2D eigenvalue weighted by atomic mass is 79.9. The van der Waals surface area contributed by atoms with Crippen molar-refractivity contribution in [1.82, 2.24) is 0 Å². The molecule has 2 heteroatoms. The van der Waals surface area contributed by atoms with E-state index in [1.54, 1.807) is 24.3 Å². The van der Waals surface area contributed by atoms with E-state index in [9.17, 15) is 4.39 Å². The Balaban J connectivity index is 3.15. The Hall–Kier alpha value is -0.630. The van der Waals surface area contributed by atoms with Crippen molar-refractivity contribution in [3.05, 3.63) is 53.6 Å². The number of halogens is 2. The van der Waals surface area contributed by atoms with Crippen LogP contribution in [-0.2, 0) is 0 Å². The molecule has 0 saturated carbocycles. The fraction of sp³-hybridized carbons (Fsp3) is 0.100. The van der Waals surface area contributed by atoms with Crippen LogP contribution in [0.2, 0.25) is 0 Å². The van der Waals surface area contributed by atoms with E-state index in [1.807, 2.05) is 0 Å². The van der Waals surface area contributed by atoms with Gasteiger partial charge < -0.3 is 0 Å². The minimum Gasteiger partial charge on any atom is -0.205 e. The van der Waals surface area contributed by atoms with Gasteiger partial charge in [0.05, 0.1) is 4.47 Å². The largest absolute Gasteiger partial charge is 0.205 e. The molecule has 0 spiro atoms. The van der Waals surface area contributed by atoms with Gasteiger partial charge in [-0.05, 0) is 34.5 Å². The molecule has 1 radical (unpaired) electrons. The number of allylic oxidation sites excluding steroid dienone is 1. The van der Waals surface area contributed by atoms with E-state index >= 15 is 0 Å². The average Bonchev–Trinajstić information content (AvgIpc) is 2.08. The lowest BCUT2D eigenvalue weighted by molar-refractivity contribution is 0.603. The van der Waals surface area contributed by atoms with Gasteiger partial charge in [-0.25, -0.2) is 4.39 Å². The Bertz CT molecular complexity index is 294. The van der Waals surface area contributed by atoms with Crippen LogP contribution in [-0.4, -0.2) is 0 Å². The first-order valence-corrected chi connectivity index (χ1v) is 4.35. The maximum atomic E-state index is 13.3. The van der Waals surface area contributed by atoms with Crippen molar-refractivity contribution in [2.24, 2.45) is 0 Å². The van der Waals surface area contributed by atoms with E-state index in [4.69, 9.17) is 0 Å². The van der Waals surface area contributed by atoms with Crippen molar-refractivity contribution in [2.75, 3.05) is 0 Å². The van der Waals surface area contributed by atoms with E-state index in [0.717, 1.165) is 0 Å². The van der Waals surface area contributed by atoms with Crippen LogP contribution < -0.4 is 0 Å². The monoisotopic (exact) mass is 227 g/mol. The molecule has 1 aromatic carbocycles. The predicted octanol–water partition coefficient (Wildman–Crippen LogP) is 3.69. The van der Waals surface area contributed by atoms with Crippen LogP contribution in [0.5, 0.6) is 0 Å². The fourth-order valence-corrected chi connectivity index (χ4v) is 1.32. The molecule has 12 heavy (non-hydrogen) atoms. The predicted molar refractivity (Wildman–Crippen MR) is 52.4 cm³/mol. The van der Waals surface area contributed by atoms with Gasteiger partial charge in [-0.2, -0.15) is 0 Å². The topological polar surface area (TPSA) is 0 Å². The van der Waals surface area contributed by atoms with Crippen LogP contribution in [0.25, 0.3) is 0 Å². The van der Waals surface area contributed by atoms with Crippen LogP contribution in [0, 0.1) is 12.7 Å². The molecule has 0 amide bonds. The van der Waals surface area contributed by atoms with Gasteiger partial charge in [0.25, 0.3) is 0 Å². The zero-order valence-electron chi connectivity index (χ0n) is 6.56. The molecule has 0 bridgehead atoms. The lowest BCUT2D eigenvalue weighted by Crippen LogP contribution is -1.94. The maximum Gasteiger partial charge on any atom is 0.141 e. The molecule has 1 rings (SSSR count). The van der Waals surface area contributed by atoms with Gasteiger partial charge in [-0.1, -0.05) is 18.2 Å². The Morgan fingerprint density at radius 2 is 2.17 bits per heavy atom. The highest BCUT2D eigenvalue weighted by Crippen LogP contribution is 2.24. The first-order chi connectivity index (χ1) is 5.66. The zero-order valence-corrected chi connectivity index (χ0v) is 8.14. The van der Waals surface area contributed by atoms with Gasteiger partial charge in [0.2, 0.25) is 0 Å². The molecule has 0 aliphatic carbocycles. The minimum atomic E-state index is -0.252. The van der Waals surface area contributed by atoms with Gasteiger partial charge >= 0.3 is 0 Å². The minimum absolute atomic E-state index is 0.192. The van der Waals surface area contributed by atoms with Crippen molar-refractivity contribution in [2.45, 2.75) is 5.92 Å². The summed E-state index contributed by atoms with van der Waals surface area (Å²) in [5.74, 6) is -0.445. The van der Waals surface area contributed by atoms with Crippen LogP contribution in [0.4, 0.5) is 4.39 Å². The molecule has 0 aliphatic heterocycles. The third-order valence-corrected chi connectivity index (χ3v) is 2.28. The zero-order chi connectivity index (χ0) is 9.14. The van der Waals surface area contributed by atoms with E-state index < -0.39 is 0 Å². The Morgan fingerprint density at radius 1 is 1.50 bits per heavy atom. The molecule has 1 aromatic rings. The van der Waals surface area contributed by atoms with Gasteiger partial charge in [-0.15, -0.1) is 6.58 Å². The Kier molecular flexibility index (Phi) is 3.04. The molecule has 63 valence electrons. The Labute approximate surface area is 80.2 Å². The third-order valence-electron chi connectivity index (χ3n) is 1.67. The van der Waals surface area contributed by atoms with Crippen LogP contribution in [0.15, 0.2) is 35.3 Å². The highest BCUT2D eigenvalue weighted by Gasteiger charge is 2.09. The van der Waals surface area contributed by atoms with E-state index in [0.29, 0.717) is 10.0 Å².